The van der Waals surface area contributed by atoms with Crippen LogP contribution in [-0.4, -0.2) is 36.5 Å². The fraction of sp³-hybridized carbons (Fsp3) is 0.917. The van der Waals surface area contributed by atoms with E-state index in [2.05, 4.69) is 10.2 Å². The number of likely N-dealkylation sites (tertiary alicyclic amines) is 1. The van der Waals surface area contributed by atoms with Gasteiger partial charge in [-0.1, -0.05) is 13.8 Å². The number of hydrogen-bond donors (Lipinski definition) is 1. The van der Waals surface area contributed by atoms with Gasteiger partial charge in [0.25, 0.3) is 0 Å². The van der Waals surface area contributed by atoms with Crippen LogP contribution in [0.15, 0.2) is 0 Å². The van der Waals surface area contributed by atoms with E-state index in [1.54, 1.807) is 6.92 Å². The van der Waals surface area contributed by atoms with Crippen molar-refractivity contribution in [2.75, 3.05) is 19.6 Å². The van der Waals surface area contributed by atoms with Gasteiger partial charge in [0.1, 0.15) is 0 Å². The molecule has 2 heterocycles. The van der Waals surface area contributed by atoms with Crippen LogP contribution in [0, 0.1) is 5.92 Å². The zero-order valence-corrected chi connectivity index (χ0v) is 10.3. The fourth-order valence-electron chi connectivity index (χ4n) is 2.42. The lowest BCUT2D eigenvalue weighted by molar-refractivity contribution is -0.134. The molecule has 3 heteroatoms. The number of amides is 1. The largest absolute Gasteiger partial charge is 0.340 e. The summed E-state index contributed by atoms with van der Waals surface area (Å²) in [5, 5.41) is 3.28. The Balaban J connectivity index is 0.000000531. The first-order chi connectivity index (χ1) is 7.29. The van der Waals surface area contributed by atoms with Crippen LogP contribution in [0.1, 0.15) is 40.0 Å². The van der Waals surface area contributed by atoms with Crippen LogP contribution in [0.3, 0.4) is 0 Å². The van der Waals surface area contributed by atoms with E-state index in [1.165, 1.54) is 19.3 Å². The van der Waals surface area contributed by atoms with Crippen molar-refractivity contribution in [2.24, 2.45) is 5.92 Å². The van der Waals surface area contributed by atoms with Gasteiger partial charge >= 0.3 is 0 Å². The Labute approximate surface area is 93.2 Å². The van der Waals surface area contributed by atoms with Crippen molar-refractivity contribution >= 4 is 5.91 Å². The molecule has 1 unspecified atom stereocenters. The quantitative estimate of drug-likeness (QED) is 0.716. The fourth-order valence-corrected chi connectivity index (χ4v) is 2.42. The van der Waals surface area contributed by atoms with E-state index in [0.717, 1.165) is 25.6 Å². The third-order valence-corrected chi connectivity index (χ3v) is 3.31. The summed E-state index contributed by atoms with van der Waals surface area (Å²) in [7, 11) is 0. The van der Waals surface area contributed by atoms with Gasteiger partial charge in [0.15, 0.2) is 0 Å². The van der Waals surface area contributed by atoms with Gasteiger partial charge in [0.05, 0.1) is 0 Å². The Morgan fingerprint density at radius 2 is 1.93 bits per heavy atom. The van der Waals surface area contributed by atoms with Crippen LogP contribution in [0.2, 0.25) is 0 Å². The van der Waals surface area contributed by atoms with Crippen LogP contribution < -0.4 is 5.32 Å². The van der Waals surface area contributed by atoms with Crippen molar-refractivity contribution in [3.63, 3.8) is 0 Å². The van der Waals surface area contributed by atoms with Crippen molar-refractivity contribution in [1.29, 1.82) is 0 Å². The number of nitrogens with one attached hydrogen (secondary N) is 1. The molecule has 0 aliphatic carbocycles. The number of carbonyl (C=O) groups excluding carboxylic acids is 1. The predicted octanol–water partition coefficient (Wildman–Crippen LogP) is 1.63. The highest BCUT2D eigenvalue weighted by molar-refractivity contribution is 5.73. The second-order valence-electron chi connectivity index (χ2n) is 4.19. The molecule has 0 saturated carbocycles. The average Bonchev–Trinajstić information content (AvgIpc) is 2.19. The highest BCUT2D eigenvalue weighted by Crippen LogP contribution is 2.25. The lowest BCUT2D eigenvalue weighted by atomic mass is 9.86. The lowest BCUT2D eigenvalue weighted by Gasteiger charge is -2.44. The SMILES string of the molecule is CC.CC(=O)N1CCCCC1C1CNC1. The number of hydrogen-bond acceptors (Lipinski definition) is 2. The van der Waals surface area contributed by atoms with Crippen molar-refractivity contribution in [3.05, 3.63) is 0 Å². The Kier molecular flexibility index (Phi) is 5.09. The first-order valence-corrected chi connectivity index (χ1v) is 6.27. The minimum Gasteiger partial charge on any atom is -0.340 e. The molecule has 0 aromatic heterocycles. The molecule has 2 aliphatic heterocycles. The molecule has 15 heavy (non-hydrogen) atoms. The number of rotatable bonds is 1. The highest BCUT2D eigenvalue weighted by atomic mass is 16.2. The van der Waals surface area contributed by atoms with Crippen molar-refractivity contribution in [3.8, 4) is 0 Å². The second-order valence-corrected chi connectivity index (χ2v) is 4.19. The standard InChI is InChI=1S/C10H18N2O.C2H6/c1-8(13)12-5-3-2-4-10(12)9-6-11-7-9;1-2/h9-11H,2-7H2,1H3;1-2H3. The zero-order valence-electron chi connectivity index (χ0n) is 10.3. The average molecular weight is 212 g/mol. The molecule has 1 N–H and O–H groups in total. The summed E-state index contributed by atoms with van der Waals surface area (Å²) in [6.45, 7) is 8.89. The maximum absolute atomic E-state index is 11.4. The van der Waals surface area contributed by atoms with Gasteiger partial charge < -0.3 is 10.2 Å². The van der Waals surface area contributed by atoms with E-state index >= 15 is 0 Å². The van der Waals surface area contributed by atoms with Crippen LogP contribution in [0.25, 0.3) is 0 Å². The van der Waals surface area contributed by atoms with Gasteiger partial charge in [-0.05, 0) is 19.3 Å². The van der Waals surface area contributed by atoms with E-state index < -0.39 is 0 Å². The minimum atomic E-state index is 0.261. The smallest absolute Gasteiger partial charge is 0.219 e. The minimum absolute atomic E-state index is 0.261. The Morgan fingerprint density at radius 3 is 2.40 bits per heavy atom. The summed E-state index contributed by atoms with van der Waals surface area (Å²) in [5.41, 5.74) is 0. The normalized spacial score (nSPS) is 26.3. The van der Waals surface area contributed by atoms with E-state index in [1.807, 2.05) is 13.8 Å². The maximum atomic E-state index is 11.4. The summed E-state index contributed by atoms with van der Waals surface area (Å²) >= 11 is 0. The van der Waals surface area contributed by atoms with Crippen LogP contribution in [0.5, 0.6) is 0 Å². The van der Waals surface area contributed by atoms with Gasteiger partial charge in [0, 0.05) is 38.5 Å². The molecule has 2 rings (SSSR count). The molecule has 1 atom stereocenters. The molecule has 0 aromatic rings. The molecule has 1 amide bonds. The molecule has 2 fully saturated rings. The summed E-state index contributed by atoms with van der Waals surface area (Å²) < 4.78 is 0. The second kappa shape index (κ2) is 6.11. The Bertz CT molecular complexity index is 202. The van der Waals surface area contributed by atoms with Gasteiger partial charge in [-0.2, -0.15) is 0 Å². The molecule has 2 aliphatic rings. The number of carbonyl (C=O) groups is 1. The molecule has 3 nitrogen and oxygen atoms in total. The van der Waals surface area contributed by atoms with Gasteiger partial charge in [0.2, 0.25) is 5.91 Å². The molecular formula is C12H24N2O. The van der Waals surface area contributed by atoms with Crippen molar-refractivity contribution < 1.29 is 4.79 Å². The molecule has 0 radical (unpaired) electrons. The topological polar surface area (TPSA) is 32.3 Å². The Morgan fingerprint density at radius 1 is 1.27 bits per heavy atom. The third-order valence-electron chi connectivity index (χ3n) is 3.31. The van der Waals surface area contributed by atoms with Gasteiger partial charge in [-0.25, -0.2) is 0 Å². The number of nitrogens with zero attached hydrogens (tertiary/aromatic N) is 1. The maximum Gasteiger partial charge on any atom is 0.219 e. The summed E-state index contributed by atoms with van der Waals surface area (Å²) in [5.74, 6) is 0.987. The van der Waals surface area contributed by atoms with Gasteiger partial charge in [-0.15, -0.1) is 0 Å². The van der Waals surface area contributed by atoms with Crippen molar-refractivity contribution in [1.82, 2.24) is 10.2 Å². The van der Waals surface area contributed by atoms with Gasteiger partial charge in [-0.3, -0.25) is 4.79 Å². The molecular weight excluding hydrogens is 188 g/mol. The summed E-state index contributed by atoms with van der Waals surface area (Å²) in [4.78, 5) is 13.4. The van der Waals surface area contributed by atoms with E-state index in [4.69, 9.17) is 0 Å². The molecule has 0 aromatic carbocycles. The van der Waals surface area contributed by atoms with Crippen LogP contribution in [0.4, 0.5) is 0 Å². The van der Waals surface area contributed by atoms with E-state index in [-0.39, 0.29) is 5.91 Å². The zero-order chi connectivity index (χ0) is 11.3. The molecule has 0 spiro atoms. The van der Waals surface area contributed by atoms with E-state index in [0.29, 0.717) is 6.04 Å². The molecule has 2 saturated heterocycles. The van der Waals surface area contributed by atoms with E-state index in [9.17, 15) is 4.79 Å². The molecule has 88 valence electrons. The molecule has 0 bridgehead atoms. The third kappa shape index (κ3) is 2.94. The summed E-state index contributed by atoms with van der Waals surface area (Å²) in [6.07, 6.45) is 3.70. The highest BCUT2D eigenvalue weighted by Gasteiger charge is 2.34. The first-order valence-electron chi connectivity index (χ1n) is 6.27. The first kappa shape index (κ1) is 12.5. The Hall–Kier alpha value is -0.570. The lowest BCUT2D eigenvalue weighted by Crippen LogP contribution is -2.57. The monoisotopic (exact) mass is 212 g/mol. The van der Waals surface area contributed by atoms with Crippen molar-refractivity contribution in [2.45, 2.75) is 46.1 Å². The van der Waals surface area contributed by atoms with Crippen LogP contribution >= 0.6 is 0 Å². The summed E-state index contributed by atoms with van der Waals surface area (Å²) in [6, 6.07) is 0.535. The number of piperidine rings is 1. The van der Waals surface area contributed by atoms with Crippen LogP contribution in [-0.2, 0) is 4.79 Å². The predicted molar refractivity (Wildman–Crippen MR) is 62.7 cm³/mol.